The molecule has 0 saturated carbocycles. The van der Waals surface area contributed by atoms with Crippen LogP contribution >= 0.6 is 23.2 Å². The third kappa shape index (κ3) is 6.11. The molecule has 1 N–H and O–H groups in total. The fraction of sp³-hybridized carbons (Fsp3) is 0.350. The van der Waals surface area contributed by atoms with Gasteiger partial charge >= 0.3 is 0 Å². The lowest BCUT2D eigenvalue weighted by Crippen LogP contribution is -2.41. The van der Waals surface area contributed by atoms with Gasteiger partial charge in [-0.15, -0.1) is 0 Å². The number of amides is 1. The van der Waals surface area contributed by atoms with E-state index in [0.717, 1.165) is 38.4 Å². The number of hydrogen-bond acceptors (Lipinski definition) is 4. The Hall–Kier alpha value is -1.79. The summed E-state index contributed by atoms with van der Waals surface area (Å²) in [6.07, 6.45) is 0. The van der Waals surface area contributed by atoms with Crippen LogP contribution in [-0.2, 0) is 11.3 Å². The average molecular weight is 409 g/mol. The average Bonchev–Trinajstić information content (AvgIpc) is 2.70. The molecule has 5 nitrogen and oxygen atoms in total. The van der Waals surface area contributed by atoms with Crippen LogP contribution < -0.4 is 10.1 Å². The van der Waals surface area contributed by atoms with Gasteiger partial charge in [-0.3, -0.25) is 9.69 Å². The van der Waals surface area contributed by atoms with Gasteiger partial charge in [-0.05, 0) is 35.9 Å². The molecule has 0 spiro atoms. The van der Waals surface area contributed by atoms with Gasteiger partial charge in [-0.1, -0.05) is 35.3 Å². The second-order valence-corrected chi connectivity index (χ2v) is 7.09. The van der Waals surface area contributed by atoms with Crippen LogP contribution in [0.2, 0.25) is 10.0 Å². The van der Waals surface area contributed by atoms with E-state index in [9.17, 15) is 4.79 Å². The molecule has 144 valence electrons. The number of rotatable bonds is 7. The Labute approximate surface area is 169 Å². The number of morpholine rings is 1. The van der Waals surface area contributed by atoms with Gasteiger partial charge in [0.15, 0.2) is 0 Å². The number of carbonyl (C=O) groups is 1. The maximum absolute atomic E-state index is 12.4. The fourth-order valence-corrected chi connectivity index (χ4v) is 3.10. The molecule has 1 amide bonds. The Morgan fingerprint density at radius 3 is 2.70 bits per heavy atom. The Kier molecular flexibility index (Phi) is 7.35. The van der Waals surface area contributed by atoms with Gasteiger partial charge in [0.25, 0.3) is 5.91 Å². The molecule has 1 heterocycles. The lowest BCUT2D eigenvalue weighted by molar-refractivity contribution is 0.0383. The zero-order chi connectivity index (χ0) is 19.1. The number of nitrogens with zero attached hydrogens (tertiary/aromatic N) is 1. The van der Waals surface area contributed by atoms with Gasteiger partial charge in [0.2, 0.25) is 0 Å². The highest BCUT2D eigenvalue weighted by Gasteiger charge is 2.11. The molecule has 1 aliphatic rings. The van der Waals surface area contributed by atoms with E-state index in [-0.39, 0.29) is 5.91 Å². The van der Waals surface area contributed by atoms with E-state index in [1.54, 1.807) is 30.3 Å². The van der Waals surface area contributed by atoms with Gasteiger partial charge in [-0.25, -0.2) is 0 Å². The van der Waals surface area contributed by atoms with Gasteiger partial charge < -0.3 is 14.8 Å². The molecule has 7 heteroatoms. The number of hydrogen-bond donors (Lipinski definition) is 1. The summed E-state index contributed by atoms with van der Waals surface area (Å²) in [4.78, 5) is 14.6. The topological polar surface area (TPSA) is 50.8 Å². The van der Waals surface area contributed by atoms with Crippen LogP contribution in [0.5, 0.6) is 5.75 Å². The predicted octanol–water partition coefficient (Wildman–Crippen LogP) is 3.63. The van der Waals surface area contributed by atoms with Crippen LogP contribution in [0, 0.1) is 0 Å². The molecule has 0 bridgehead atoms. The first-order valence-electron chi connectivity index (χ1n) is 8.87. The third-order valence-corrected chi connectivity index (χ3v) is 5.04. The Morgan fingerprint density at radius 2 is 1.93 bits per heavy atom. The van der Waals surface area contributed by atoms with Crippen molar-refractivity contribution in [1.82, 2.24) is 10.2 Å². The molecule has 0 atom stereocenters. The van der Waals surface area contributed by atoms with Gasteiger partial charge in [0.1, 0.15) is 12.4 Å². The van der Waals surface area contributed by atoms with Gasteiger partial charge in [-0.2, -0.15) is 0 Å². The van der Waals surface area contributed by atoms with Crippen molar-refractivity contribution >= 4 is 29.1 Å². The van der Waals surface area contributed by atoms with E-state index in [4.69, 9.17) is 32.7 Å². The summed E-state index contributed by atoms with van der Waals surface area (Å²) in [5.41, 5.74) is 1.48. The second kappa shape index (κ2) is 9.95. The molecule has 0 unspecified atom stereocenters. The van der Waals surface area contributed by atoms with Crippen molar-refractivity contribution in [2.24, 2.45) is 0 Å². The number of carbonyl (C=O) groups excluding carboxylic acids is 1. The van der Waals surface area contributed by atoms with Crippen LogP contribution in [0.25, 0.3) is 0 Å². The monoisotopic (exact) mass is 408 g/mol. The van der Waals surface area contributed by atoms with E-state index in [0.29, 0.717) is 34.5 Å². The molecule has 1 saturated heterocycles. The van der Waals surface area contributed by atoms with Crippen molar-refractivity contribution < 1.29 is 14.3 Å². The zero-order valence-corrected chi connectivity index (χ0v) is 16.4. The largest absolute Gasteiger partial charge is 0.489 e. The number of benzene rings is 2. The Balaban J connectivity index is 1.49. The zero-order valence-electron chi connectivity index (χ0n) is 14.9. The highest BCUT2D eigenvalue weighted by molar-refractivity contribution is 6.42. The van der Waals surface area contributed by atoms with Crippen molar-refractivity contribution in [2.45, 2.75) is 6.61 Å². The molecule has 1 aliphatic heterocycles. The number of nitrogens with one attached hydrogen (secondary N) is 1. The predicted molar refractivity (Wildman–Crippen MR) is 107 cm³/mol. The maximum atomic E-state index is 12.4. The van der Waals surface area contributed by atoms with Crippen molar-refractivity contribution in [3.05, 3.63) is 63.6 Å². The van der Waals surface area contributed by atoms with E-state index >= 15 is 0 Å². The highest BCUT2D eigenvalue weighted by atomic mass is 35.5. The van der Waals surface area contributed by atoms with Crippen molar-refractivity contribution in [2.75, 3.05) is 39.4 Å². The molecular formula is C20H22Cl2N2O3. The molecule has 27 heavy (non-hydrogen) atoms. The third-order valence-electron chi connectivity index (χ3n) is 4.30. The Bertz CT molecular complexity index is 780. The van der Waals surface area contributed by atoms with Gasteiger partial charge in [0, 0.05) is 31.7 Å². The molecule has 3 rings (SSSR count). The molecule has 0 aliphatic carbocycles. The Morgan fingerprint density at radius 1 is 1.11 bits per heavy atom. The summed E-state index contributed by atoms with van der Waals surface area (Å²) in [6.45, 7) is 5.11. The van der Waals surface area contributed by atoms with Crippen LogP contribution in [0.1, 0.15) is 15.9 Å². The summed E-state index contributed by atoms with van der Waals surface area (Å²) in [7, 11) is 0. The molecule has 1 fully saturated rings. The molecule has 2 aromatic carbocycles. The summed E-state index contributed by atoms with van der Waals surface area (Å²) in [6, 6.07) is 12.5. The number of halogens is 2. The minimum absolute atomic E-state index is 0.108. The van der Waals surface area contributed by atoms with E-state index in [2.05, 4.69) is 10.2 Å². The van der Waals surface area contributed by atoms with Crippen molar-refractivity contribution in [1.29, 1.82) is 0 Å². The number of ether oxygens (including phenoxy) is 2. The summed E-state index contributed by atoms with van der Waals surface area (Å²) < 4.78 is 11.1. The molecule has 0 aromatic heterocycles. The van der Waals surface area contributed by atoms with Gasteiger partial charge in [0.05, 0.1) is 23.3 Å². The lowest BCUT2D eigenvalue weighted by atomic mass is 10.2. The maximum Gasteiger partial charge on any atom is 0.251 e. The summed E-state index contributed by atoms with van der Waals surface area (Å²) >= 11 is 11.9. The summed E-state index contributed by atoms with van der Waals surface area (Å²) in [5, 5.41) is 3.95. The normalized spacial score (nSPS) is 14.7. The van der Waals surface area contributed by atoms with Crippen molar-refractivity contribution in [3.8, 4) is 5.75 Å². The quantitative estimate of drug-likeness (QED) is 0.759. The first kappa shape index (κ1) is 20.0. The molecule has 2 aromatic rings. The highest BCUT2D eigenvalue weighted by Crippen LogP contribution is 2.23. The fourth-order valence-electron chi connectivity index (χ4n) is 2.78. The van der Waals surface area contributed by atoms with Crippen LogP contribution in [0.15, 0.2) is 42.5 Å². The minimum atomic E-state index is -0.108. The SMILES string of the molecule is O=C(NCCN1CCOCC1)c1cccc(OCc2ccc(Cl)c(Cl)c2)c1. The second-order valence-electron chi connectivity index (χ2n) is 6.27. The van der Waals surface area contributed by atoms with E-state index in [1.165, 1.54) is 0 Å². The smallest absolute Gasteiger partial charge is 0.251 e. The molecule has 0 radical (unpaired) electrons. The van der Waals surface area contributed by atoms with Crippen LogP contribution in [0.4, 0.5) is 0 Å². The standard InChI is InChI=1S/C20H22Cl2N2O3/c21-18-5-4-15(12-19(18)22)14-27-17-3-1-2-16(13-17)20(25)23-6-7-24-8-10-26-11-9-24/h1-5,12-13H,6-11,14H2,(H,23,25). The minimum Gasteiger partial charge on any atom is -0.489 e. The van der Waals surface area contributed by atoms with Crippen molar-refractivity contribution in [3.63, 3.8) is 0 Å². The van der Waals surface area contributed by atoms with Crippen LogP contribution in [0.3, 0.4) is 0 Å². The lowest BCUT2D eigenvalue weighted by Gasteiger charge is -2.26. The molecular weight excluding hydrogens is 387 g/mol. The first-order chi connectivity index (χ1) is 13.1. The van der Waals surface area contributed by atoms with E-state index < -0.39 is 0 Å². The first-order valence-corrected chi connectivity index (χ1v) is 9.62. The summed E-state index contributed by atoms with van der Waals surface area (Å²) in [5.74, 6) is 0.519. The van der Waals surface area contributed by atoms with Crippen LogP contribution in [-0.4, -0.2) is 50.2 Å². The van der Waals surface area contributed by atoms with E-state index in [1.807, 2.05) is 12.1 Å².